The number of amides is 1. The lowest BCUT2D eigenvalue weighted by atomic mass is 10.3. The molecule has 20 heavy (non-hydrogen) atoms. The summed E-state index contributed by atoms with van der Waals surface area (Å²) >= 11 is 9.28. The molecule has 4 nitrogen and oxygen atoms in total. The number of aryl methyl sites for hydroxylation is 1. The summed E-state index contributed by atoms with van der Waals surface area (Å²) in [5, 5.41) is 2.90. The molecule has 6 heteroatoms. The average Bonchev–Trinajstić information content (AvgIpc) is 2.67. The minimum Gasteiger partial charge on any atom is -0.352 e. The Bertz CT molecular complexity index is 624. The minimum absolute atomic E-state index is 0.0184. The van der Waals surface area contributed by atoms with Crippen molar-refractivity contribution in [3.05, 3.63) is 28.5 Å². The molecule has 0 fully saturated rings. The van der Waals surface area contributed by atoms with E-state index >= 15 is 0 Å². The molecule has 1 heterocycles. The summed E-state index contributed by atoms with van der Waals surface area (Å²) in [5.74, 6) is 1.30. The van der Waals surface area contributed by atoms with E-state index in [1.54, 1.807) is 0 Å². The Kier molecular flexibility index (Phi) is 5.05. The van der Waals surface area contributed by atoms with Gasteiger partial charge in [0.15, 0.2) is 0 Å². The van der Waals surface area contributed by atoms with Gasteiger partial charge in [-0.25, -0.2) is 4.98 Å². The number of fused-ring (bicyclic) bond motifs is 1. The van der Waals surface area contributed by atoms with Gasteiger partial charge in [0.05, 0.1) is 11.0 Å². The highest BCUT2D eigenvalue weighted by atomic mass is 79.9. The SMILES string of the molecule is CC(C)NC(=O)Cn1c(CCCl)nc2ccc(Br)cc21. The van der Waals surface area contributed by atoms with Crippen molar-refractivity contribution < 1.29 is 4.79 Å². The van der Waals surface area contributed by atoms with E-state index in [-0.39, 0.29) is 18.5 Å². The fourth-order valence-corrected chi connectivity index (χ4v) is 2.63. The average molecular weight is 359 g/mol. The number of alkyl halides is 1. The van der Waals surface area contributed by atoms with E-state index in [1.165, 1.54) is 0 Å². The highest BCUT2D eigenvalue weighted by Crippen LogP contribution is 2.21. The van der Waals surface area contributed by atoms with Gasteiger partial charge >= 0.3 is 0 Å². The molecule has 0 unspecified atom stereocenters. The Morgan fingerprint density at radius 1 is 1.50 bits per heavy atom. The van der Waals surface area contributed by atoms with Gasteiger partial charge in [0.25, 0.3) is 0 Å². The van der Waals surface area contributed by atoms with Gasteiger partial charge < -0.3 is 9.88 Å². The zero-order valence-corrected chi connectivity index (χ0v) is 13.8. The summed E-state index contributed by atoms with van der Waals surface area (Å²) in [6.07, 6.45) is 0.642. The lowest BCUT2D eigenvalue weighted by Crippen LogP contribution is -2.33. The summed E-state index contributed by atoms with van der Waals surface area (Å²) in [6, 6.07) is 5.98. The van der Waals surface area contributed by atoms with E-state index in [2.05, 4.69) is 26.2 Å². The second kappa shape index (κ2) is 6.59. The standard InChI is InChI=1S/C14H17BrClN3O/c1-9(2)17-14(20)8-19-12-7-10(15)3-4-11(12)18-13(19)5-6-16/h3-4,7,9H,5-6,8H2,1-2H3,(H,17,20). The second-order valence-corrected chi connectivity index (χ2v) is 6.20. The molecule has 0 atom stereocenters. The number of carbonyl (C=O) groups is 1. The highest BCUT2D eigenvalue weighted by molar-refractivity contribution is 9.10. The summed E-state index contributed by atoms with van der Waals surface area (Å²) in [4.78, 5) is 16.6. The van der Waals surface area contributed by atoms with E-state index in [9.17, 15) is 4.79 Å². The number of hydrogen-bond donors (Lipinski definition) is 1. The van der Waals surface area contributed by atoms with Crippen LogP contribution in [0.1, 0.15) is 19.7 Å². The molecule has 0 radical (unpaired) electrons. The molecule has 0 aliphatic heterocycles. The van der Waals surface area contributed by atoms with E-state index < -0.39 is 0 Å². The van der Waals surface area contributed by atoms with Crippen molar-refractivity contribution in [3.8, 4) is 0 Å². The number of benzene rings is 1. The van der Waals surface area contributed by atoms with Crippen LogP contribution in [0.2, 0.25) is 0 Å². The van der Waals surface area contributed by atoms with Crippen molar-refractivity contribution in [1.82, 2.24) is 14.9 Å². The third kappa shape index (κ3) is 3.52. The molecule has 1 N–H and O–H groups in total. The maximum absolute atomic E-state index is 12.0. The number of halogens is 2. The lowest BCUT2D eigenvalue weighted by Gasteiger charge is -2.11. The topological polar surface area (TPSA) is 46.9 Å². The Labute approximate surface area is 131 Å². The summed E-state index contributed by atoms with van der Waals surface area (Å²) in [6.45, 7) is 4.15. The maximum Gasteiger partial charge on any atom is 0.240 e. The van der Waals surface area contributed by atoms with Crippen LogP contribution in [-0.4, -0.2) is 27.4 Å². The van der Waals surface area contributed by atoms with Crippen LogP contribution in [0.3, 0.4) is 0 Å². The Hall–Kier alpha value is -1.07. The monoisotopic (exact) mass is 357 g/mol. The zero-order valence-electron chi connectivity index (χ0n) is 11.5. The molecule has 1 aromatic heterocycles. The molecule has 0 aliphatic carbocycles. The molecule has 2 aromatic rings. The Morgan fingerprint density at radius 2 is 2.25 bits per heavy atom. The van der Waals surface area contributed by atoms with Gasteiger partial charge in [-0.3, -0.25) is 4.79 Å². The molecule has 0 saturated heterocycles. The van der Waals surface area contributed by atoms with Gasteiger partial charge in [-0.05, 0) is 32.0 Å². The van der Waals surface area contributed by atoms with Gasteiger partial charge in [-0.2, -0.15) is 0 Å². The van der Waals surface area contributed by atoms with E-state index in [0.717, 1.165) is 21.3 Å². The normalized spacial score (nSPS) is 11.2. The molecule has 0 saturated carbocycles. The highest BCUT2D eigenvalue weighted by Gasteiger charge is 2.14. The van der Waals surface area contributed by atoms with E-state index in [4.69, 9.17) is 11.6 Å². The van der Waals surface area contributed by atoms with Crippen LogP contribution in [0.15, 0.2) is 22.7 Å². The Morgan fingerprint density at radius 3 is 2.90 bits per heavy atom. The first kappa shape index (κ1) is 15.3. The smallest absolute Gasteiger partial charge is 0.240 e. The quantitative estimate of drug-likeness (QED) is 0.835. The Balaban J connectivity index is 2.39. The molecular weight excluding hydrogens is 342 g/mol. The molecule has 0 bridgehead atoms. The number of imidazole rings is 1. The fourth-order valence-electron chi connectivity index (χ4n) is 2.11. The van der Waals surface area contributed by atoms with Crippen LogP contribution in [-0.2, 0) is 17.8 Å². The molecule has 2 rings (SSSR count). The predicted octanol–water partition coefficient (Wildman–Crippen LogP) is 3.10. The van der Waals surface area contributed by atoms with Gasteiger partial charge in [0.1, 0.15) is 12.4 Å². The summed E-state index contributed by atoms with van der Waals surface area (Å²) in [5.41, 5.74) is 1.82. The molecular formula is C14H17BrClN3O. The van der Waals surface area contributed by atoms with Crippen LogP contribution < -0.4 is 5.32 Å². The van der Waals surface area contributed by atoms with Crippen molar-refractivity contribution in [2.24, 2.45) is 0 Å². The van der Waals surface area contributed by atoms with Crippen LogP contribution in [0.4, 0.5) is 0 Å². The number of nitrogens with zero attached hydrogens (tertiary/aromatic N) is 2. The molecule has 0 aliphatic rings. The second-order valence-electron chi connectivity index (χ2n) is 4.91. The largest absolute Gasteiger partial charge is 0.352 e. The van der Waals surface area contributed by atoms with Crippen molar-refractivity contribution in [3.63, 3.8) is 0 Å². The van der Waals surface area contributed by atoms with E-state index in [1.807, 2.05) is 36.6 Å². The zero-order chi connectivity index (χ0) is 14.7. The molecule has 1 aromatic carbocycles. The molecule has 0 spiro atoms. The van der Waals surface area contributed by atoms with Crippen LogP contribution in [0.25, 0.3) is 11.0 Å². The molecule has 1 amide bonds. The predicted molar refractivity (Wildman–Crippen MR) is 85.1 cm³/mol. The van der Waals surface area contributed by atoms with Gasteiger partial charge in [-0.15, -0.1) is 11.6 Å². The van der Waals surface area contributed by atoms with Crippen LogP contribution in [0, 0.1) is 0 Å². The van der Waals surface area contributed by atoms with Crippen LogP contribution in [0.5, 0.6) is 0 Å². The van der Waals surface area contributed by atoms with Gasteiger partial charge in [0.2, 0.25) is 5.91 Å². The number of aromatic nitrogens is 2. The number of hydrogen-bond acceptors (Lipinski definition) is 2. The van der Waals surface area contributed by atoms with E-state index in [0.29, 0.717) is 12.3 Å². The summed E-state index contributed by atoms with van der Waals surface area (Å²) < 4.78 is 2.90. The number of nitrogens with one attached hydrogen (secondary N) is 1. The lowest BCUT2D eigenvalue weighted by molar-refractivity contribution is -0.122. The molecule has 108 valence electrons. The number of carbonyl (C=O) groups excluding carboxylic acids is 1. The van der Waals surface area contributed by atoms with Gasteiger partial charge in [-0.1, -0.05) is 15.9 Å². The van der Waals surface area contributed by atoms with Crippen LogP contribution >= 0.6 is 27.5 Å². The first-order valence-corrected chi connectivity index (χ1v) is 7.84. The number of rotatable bonds is 5. The first-order valence-electron chi connectivity index (χ1n) is 6.51. The minimum atomic E-state index is -0.0184. The third-order valence-electron chi connectivity index (χ3n) is 2.86. The van der Waals surface area contributed by atoms with Crippen molar-refractivity contribution >= 4 is 44.5 Å². The van der Waals surface area contributed by atoms with Gasteiger partial charge in [0, 0.05) is 22.8 Å². The maximum atomic E-state index is 12.0. The third-order valence-corrected chi connectivity index (χ3v) is 3.54. The summed E-state index contributed by atoms with van der Waals surface area (Å²) in [7, 11) is 0. The van der Waals surface area contributed by atoms with Crippen molar-refractivity contribution in [2.75, 3.05) is 5.88 Å². The first-order chi connectivity index (χ1) is 9.51. The fraction of sp³-hybridized carbons (Fsp3) is 0.429. The van der Waals surface area contributed by atoms with Crippen molar-refractivity contribution in [1.29, 1.82) is 0 Å². The van der Waals surface area contributed by atoms with Crippen molar-refractivity contribution in [2.45, 2.75) is 32.9 Å².